The third-order valence-electron chi connectivity index (χ3n) is 3.94. The van der Waals surface area contributed by atoms with Crippen molar-refractivity contribution in [2.45, 2.75) is 25.7 Å². The van der Waals surface area contributed by atoms with Gasteiger partial charge in [0, 0.05) is 22.7 Å². The summed E-state index contributed by atoms with van der Waals surface area (Å²) in [5.74, 6) is 0.407. The molecule has 1 aliphatic rings. The van der Waals surface area contributed by atoms with Crippen molar-refractivity contribution < 1.29 is 14.6 Å². The summed E-state index contributed by atoms with van der Waals surface area (Å²) in [6, 6.07) is 7.86. The molecule has 1 atom stereocenters. The fourth-order valence-electron chi connectivity index (χ4n) is 2.65. The predicted molar refractivity (Wildman–Crippen MR) is 91.5 cm³/mol. The average Bonchev–Trinajstić information content (AvgIpc) is 2.98. The summed E-state index contributed by atoms with van der Waals surface area (Å²) in [4.78, 5) is 17.0. The van der Waals surface area contributed by atoms with E-state index < -0.39 is 5.97 Å². The molecule has 1 aliphatic carbocycles. The first-order valence-electron chi connectivity index (χ1n) is 7.68. The van der Waals surface area contributed by atoms with E-state index in [4.69, 9.17) is 21.4 Å². The minimum atomic E-state index is -0.719. The van der Waals surface area contributed by atoms with E-state index in [-0.39, 0.29) is 5.92 Å². The molecular weight excluding hydrogens is 334 g/mol. The molecule has 0 saturated carbocycles. The van der Waals surface area contributed by atoms with Crippen LogP contribution in [0.4, 0.5) is 0 Å². The lowest BCUT2D eigenvalue weighted by atomic mass is 9.91. The number of alkyl halides is 1. The number of halogens is 1. The van der Waals surface area contributed by atoms with Gasteiger partial charge in [-0.15, -0.1) is 22.9 Å². The van der Waals surface area contributed by atoms with Crippen molar-refractivity contribution in [3.05, 3.63) is 34.8 Å². The van der Waals surface area contributed by atoms with Crippen LogP contribution in [0.25, 0.3) is 10.6 Å². The van der Waals surface area contributed by atoms with Crippen LogP contribution in [-0.2, 0) is 17.6 Å². The van der Waals surface area contributed by atoms with Gasteiger partial charge >= 0.3 is 5.97 Å². The number of nitrogens with zero attached hydrogens (tertiary/aromatic N) is 1. The number of hydrogen-bond acceptors (Lipinski definition) is 4. The Balaban J connectivity index is 1.72. The van der Waals surface area contributed by atoms with E-state index in [9.17, 15) is 4.79 Å². The van der Waals surface area contributed by atoms with Crippen LogP contribution in [0.3, 0.4) is 0 Å². The van der Waals surface area contributed by atoms with Gasteiger partial charge in [-0.05, 0) is 43.5 Å². The van der Waals surface area contributed by atoms with E-state index >= 15 is 0 Å². The molecule has 0 fully saturated rings. The average molecular weight is 352 g/mol. The summed E-state index contributed by atoms with van der Waals surface area (Å²) < 4.78 is 5.59. The summed E-state index contributed by atoms with van der Waals surface area (Å²) >= 11 is 7.30. The van der Waals surface area contributed by atoms with Crippen LogP contribution >= 0.6 is 22.9 Å². The van der Waals surface area contributed by atoms with E-state index in [2.05, 4.69) is 4.98 Å². The predicted octanol–water partition coefficient (Wildman–Crippen LogP) is 4.01. The number of benzene rings is 1. The fraction of sp³-hybridized carbons (Fsp3) is 0.412. The molecule has 0 radical (unpaired) electrons. The van der Waals surface area contributed by atoms with E-state index in [0.29, 0.717) is 25.3 Å². The van der Waals surface area contributed by atoms with Gasteiger partial charge in [-0.2, -0.15) is 0 Å². The summed E-state index contributed by atoms with van der Waals surface area (Å²) in [5.41, 5.74) is 1.99. The molecule has 4 nitrogen and oxygen atoms in total. The van der Waals surface area contributed by atoms with Crippen molar-refractivity contribution >= 4 is 28.9 Å². The number of aryl methyl sites for hydroxylation is 1. The molecule has 23 heavy (non-hydrogen) atoms. The van der Waals surface area contributed by atoms with Crippen molar-refractivity contribution in [3.8, 4) is 16.3 Å². The summed E-state index contributed by atoms with van der Waals surface area (Å²) in [5, 5.41) is 10.1. The molecule has 0 saturated heterocycles. The molecule has 2 aromatic rings. The highest BCUT2D eigenvalue weighted by atomic mass is 35.5. The lowest BCUT2D eigenvalue weighted by Crippen LogP contribution is -2.21. The first-order chi connectivity index (χ1) is 11.2. The molecule has 1 unspecified atom stereocenters. The summed E-state index contributed by atoms with van der Waals surface area (Å²) in [7, 11) is 0. The van der Waals surface area contributed by atoms with Gasteiger partial charge in [0.05, 0.1) is 18.2 Å². The quantitative estimate of drug-likeness (QED) is 0.631. The third-order valence-corrected chi connectivity index (χ3v) is 5.41. The maximum absolute atomic E-state index is 11.1. The smallest absolute Gasteiger partial charge is 0.306 e. The zero-order chi connectivity index (χ0) is 16.2. The minimum absolute atomic E-state index is 0.296. The second-order valence-electron chi connectivity index (χ2n) is 5.58. The van der Waals surface area contributed by atoms with Crippen molar-refractivity contribution in [2.75, 3.05) is 12.5 Å². The first kappa shape index (κ1) is 16.3. The van der Waals surface area contributed by atoms with Gasteiger partial charge in [0.25, 0.3) is 0 Å². The number of aliphatic carboxylic acids is 1. The Morgan fingerprint density at radius 3 is 2.87 bits per heavy atom. The minimum Gasteiger partial charge on any atom is -0.494 e. The van der Waals surface area contributed by atoms with Crippen LogP contribution in [0, 0.1) is 5.92 Å². The maximum atomic E-state index is 11.1. The largest absolute Gasteiger partial charge is 0.494 e. The van der Waals surface area contributed by atoms with Crippen LogP contribution in [-0.4, -0.2) is 28.5 Å². The molecular formula is C17H18ClNO3S. The zero-order valence-corrected chi connectivity index (χ0v) is 14.2. The SMILES string of the molecule is O=C(O)C1CCc2sc(-c3ccc(OCCCCl)cc3)nc2C1. The Morgan fingerprint density at radius 1 is 1.39 bits per heavy atom. The zero-order valence-electron chi connectivity index (χ0n) is 12.6. The third kappa shape index (κ3) is 3.85. The first-order valence-corrected chi connectivity index (χ1v) is 9.03. The van der Waals surface area contributed by atoms with Gasteiger partial charge in [0.15, 0.2) is 0 Å². The topological polar surface area (TPSA) is 59.4 Å². The number of carbonyl (C=O) groups is 1. The number of carboxylic acids is 1. The van der Waals surface area contributed by atoms with Gasteiger partial charge in [0.2, 0.25) is 0 Å². The summed E-state index contributed by atoms with van der Waals surface area (Å²) in [6.07, 6.45) is 2.88. The highest BCUT2D eigenvalue weighted by molar-refractivity contribution is 7.15. The maximum Gasteiger partial charge on any atom is 0.306 e. The van der Waals surface area contributed by atoms with E-state index in [1.807, 2.05) is 24.3 Å². The fourth-order valence-corrected chi connectivity index (χ4v) is 3.87. The number of thiazole rings is 1. The molecule has 6 heteroatoms. The second kappa shape index (κ2) is 7.32. The second-order valence-corrected chi connectivity index (χ2v) is 7.04. The van der Waals surface area contributed by atoms with Crippen LogP contribution < -0.4 is 4.74 Å². The van der Waals surface area contributed by atoms with Gasteiger partial charge in [-0.1, -0.05) is 0 Å². The number of carboxylic acid groups (broad SMARTS) is 1. The van der Waals surface area contributed by atoms with Gasteiger partial charge in [0.1, 0.15) is 10.8 Å². The molecule has 0 aliphatic heterocycles. The van der Waals surface area contributed by atoms with E-state index in [1.54, 1.807) is 11.3 Å². The number of aromatic nitrogens is 1. The molecule has 1 heterocycles. The summed E-state index contributed by atoms with van der Waals surface area (Å²) in [6.45, 7) is 0.616. The van der Waals surface area contributed by atoms with Crippen molar-refractivity contribution in [2.24, 2.45) is 5.92 Å². The molecule has 0 amide bonds. The van der Waals surface area contributed by atoms with Crippen LogP contribution in [0.1, 0.15) is 23.4 Å². The number of rotatable bonds is 6. The van der Waals surface area contributed by atoms with Crippen molar-refractivity contribution in [1.82, 2.24) is 4.98 Å². The Hall–Kier alpha value is -1.59. The van der Waals surface area contributed by atoms with Crippen LogP contribution in [0.5, 0.6) is 5.75 Å². The molecule has 1 aromatic carbocycles. The highest BCUT2D eigenvalue weighted by Gasteiger charge is 2.27. The molecule has 0 bridgehead atoms. The van der Waals surface area contributed by atoms with Gasteiger partial charge < -0.3 is 9.84 Å². The van der Waals surface area contributed by atoms with Crippen molar-refractivity contribution in [3.63, 3.8) is 0 Å². The lowest BCUT2D eigenvalue weighted by molar-refractivity contribution is -0.142. The Labute approximate surface area is 144 Å². The monoisotopic (exact) mass is 351 g/mol. The number of fused-ring (bicyclic) bond motifs is 1. The van der Waals surface area contributed by atoms with Crippen molar-refractivity contribution in [1.29, 1.82) is 0 Å². The van der Waals surface area contributed by atoms with Gasteiger partial charge in [-0.25, -0.2) is 4.98 Å². The molecule has 3 rings (SSSR count). The normalized spacial score (nSPS) is 16.8. The van der Waals surface area contributed by atoms with E-state index in [1.165, 1.54) is 4.88 Å². The Kier molecular flexibility index (Phi) is 5.18. The number of ether oxygens (including phenoxy) is 1. The standard InChI is InChI=1S/C17H18ClNO3S/c18-8-1-9-22-13-5-2-11(3-6-13)16-19-14-10-12(17(20)21)4-7-15(14)23-16/h2-3,5-6,12H,1,4,7-10H2,(H,20,21). The highest BCUT2D eigenvalue weighted by Crippen LogP contribution is 2.35. The van der Waals surface area contributed by atoms with Gasteiger partial charge in [-0.3, -0.25) is 4.79 Å². The molecule has 122 valence electrons. The van der Waals surface area contributed by atoms with Crippen LogP contribution in [0.2, 0.25) is 0 Å². The lowest BCUT2D eigenvalue weighted by Gasteiger charge is -2.16. The Bertz CT molecular complexity index is 684. The Morgan fingerprint density at radius 2 is 2.17 bits per heavy atom. The van der Waals surface area contributed by atoms with E-state index in [0.717, 1.165) is 34.9 Å². The number of hydrogen-bond donors (Lipinski definition) is 1. The molecule has 0 spiro atoms. The molecule has 1 N–H and O–H groups in total. The molecule has 1 aromatic heterocycles. The van der Waals surface area contributed by atoms with Crippen LogP contribution in [0.15, 0.2) is 24.3 Å².